The van der Waals surface area contributed by atoms with Crippen LogP contribution in [0.5, 0.6) is 0 Å². The predicted octanol–water partition coefficient (Wildman–Crippen LogP) is 2.01. The summed E-state index contributed by atoms with van der Waals surface area (Å²) in [6.45, 7) is 2.95. The van der Waals surface area contributed by atoms with E-state index in [-0.39, 0.29) is 5.82 Å². The van der Waals surface area contributed by atoms with Gasteiger partial charge in [-0.2, -0.15) is 0 Å². The summed E-state index contributed by atoms with van der Waals surface area (Å²) in [5, 5.41) is 6.67. The van der Waals surface area contributed by atoms with Crippen LogP contribution in [0.1, 0.15) is 31.2 Å². The number of benzene rings is 1. The Labute approximate surface area is 106 Å². The van der Waals surface area contributed by atoms with Crippen molar-refractivity contribution in [3.05, 3.63) is 35.6 Å². The zero-order valence-corrected chi connectivity index (χ0v) is 10.5. The second-order valence-corrected chi connectivity index (χ2v) is 5.27. The van der Waals surface area contributed by atoms with E-state index in [9.17, 15) is 4.39 Å². The zero-order chi connectivity index (χ0) is 12.5. The quantitative estimate of drug-likeness (QED) is 0.838. The molecule has 3 nitrogen and oxygen atoms in total. The number of hydrogen-bond donors (Lipinski definition) is 2. The van der Waals surface area contributed by atoms with E-state index < -0.39 is 0 Å². The highest BCUT2D eigenvalue weighted by Gasteiger charge is 2.32. The Morgan fingerprint density at radius 3 is 2.78 bits per heavy atom. The Hall–Kier alpha value is -1.58. The molecule has 96 valence electrons. The van der Waals surface area contributed by atoms with Crippen LogP contribution in [0.15, 0.2) is 29.3 Å². The van der Waals surface area contributed by atoms with E-state index in [1.165, 1.54) is 0 Å². The van der Waals surface area contributed by atoms with Gasteiger partial charge in [-0.1, -0.05) is 18.2 Å². The molecule has 1 saturated carbocycles. The van der Waals surface area contributed by atoms with Crippen LogP contribution in [0, 0.1) is 5.82 Å². The summed E-state index contributed by atoms with van der Waals surface area (Å²) >= 11 is 0. The van der Waals surface area contributed by atoms with Crippen LogP contribution in [0.25, 0.3) is 0 Å². The number of hydrogen-bond acceptors (Lipinski definition) is 3. The van der Waals surface area contributed by atoms with Gasteiger partial charge in [0.15, 0.2) is 5.96 Å². The van der Waals surface area contributed by atoms with Gasteiger partial charge in [0.2, 0.25) is 0 Å². The van der Waals surface area contributed by atoms with Gasteiger partial charge in [-0.25, -0.2) is 4.39 Å². The largest absolute Gasteiger partial charge is 0.354 e. The maximum Gasteiger partial charge on any atom is 0.191 e. The first kappa shape index (κ1) is 11.5. The second kappa shape index (κ2) is 4.59. The molecule has 1 aliphatic heterocycles. The lowest BCUT2D eigenvalue weighted by Gasteiger charge is -2.36. The molecular weight excluding hydrogens is 229 g/mol. The van der Waals surface area contributed by atoms with Crippen LogP contribution >= 0.6 is 0 Å². The molecular formula is C14H18FN3. The highest BCUT2D eigenvalue weighted by molar-refractivity contribution is 5.82. The van der Waals surface area contributed by atoms with E-state index in [1.807, 2.05) is 12.1 Å². The minimum Gasteiger partial charge on any atom is -0.354 e. The molecule has 4 heteroatoms. The molecule has 0 saturated heterocycles. The highest BCUT2D eigenvalue weighted by atomic mass is 19.1. The van der Waals surface area contributed by atoms with Crippen molar-refractivity contribution in [1.82, 2.24) is 10.6 Å². The Kier molecular flexibility index (Phi) is 2.94. The maximum absolute atomic E-state index is 13.6. The average Bonchev–Trinajstić information content (AvgIpc) is 2.70. The van der Waals surface area contributed by atoms with Gasteiger partial charge >= 0.3 is 0 Å². The van der Waals surface area contributed by atoms with Crippen LogP contribution in [-0.2, 0) is 0 Å². The lowest BCUT2D eigenvalue weighted by atomic mass is 9.76. The SMILES string of the molecule is CC1CN=C(NC2CC(c3ccccc3F)C2)N1. The Balaban J connectivity index is 1.53. The van der Waals surface area contributed by atoms with E-state index in [4.69, 9.17) is 0 Å². The predicted molar refractivity (Wildman–Crippen MR) is 70.2 cm³/mol. The third kappa shape index (κ3) is 2.19. The third-order valence-corrected chi connectivity index (χ3v) is 3.73. The lowest BCUT2D eigenvalue weighted by molar-refractivity contribution is 0.315. The van der Waals surface area contributed by atoms with Crippen molar-refractivity contribution in [2.75, 3.05) is 6.54 Å². The molecule has 1 aromatic rings. The minimum atomic E-state index is -0.0779. The van der Waals surface area contributed by atoms with Crippen LogP contribution in [0.4, 0.5) is 4.39 Å². The van der Waals surface area contributed by atoms with Crippen molar-refractivity contribution < 1.29 is 4.39 Å². The zero-order valence-electron chi connectivity index (χ0n) is 10.5. The summed E-state index contributed by atoms with van der Waals surface area (Å²) < 4.78 is 13.6. The van der Waals surface area contributed by atoms with Gasteiger partial charge in [0.25, 0.3) is 0 Å². The second-order valence-electron chi connectivity index (χ2n) is 5.27. The fraction of sp³-hybridized carbons (Fsp3) is 0.500. The summed E-state index contributed by atoms with van der Waals surface area (Å²) in [7, 11) is 0. The number of nitrogens with zero attached hydrogens (tertiary/aromatic N) is 1. The molecule has 2 aliphatic rings. The van der Waals surface area contributed by atoms with Crippen molar-refractivity contribution >= 4 is 5.96 Å². The lowest BCUT2D eigenvalue weighted by Crippen LogP contribution is -2.48. The van der Waals surface area contributed by atoms with E-state index in [0.717, 1.165) is 30.9 Å². The molecule has 0 radical (unpaired) electrons. The molecule has 1 aliphatic carbocycles. The van der Waals surface area contributed by atoms with E-state index in [2.05, 4.69) is 22.5 Å². The summed E-state index contributed by atoms with van der Waals surface area (Å²) in [6, 6.07) is 7.93. The molecule has 1 fully saturated rings. The van der Waals surface area contributed by atoms with E-state index >= 15 is 0 Å². The van der Waals surface area contributed by atoms with Crippen LogP contribution in [0.2, 0.25) is 0 Å². The van der Waals surface area contributed by atoms with Crippen molar-refractivity contribution in [3.63, 3.8) is 0 Å². The molecule has 0 bridgehead atoms. The molecule has 3 rings (SSSR count). The molecule has 2 N–H and O–H groups in total. The highest BCUT2D eigenvalue weighted by Crippen LogP contribution is 2.37. The van der Waals surface area contributed by atoms with Gasteiger partial charge in [-0.05, 0) is 37.3 Å². The van der Waals surface area contributed by atoms with Crippen molar-refractivity contribution in [1.29, 1.82) is 0 Å². The van der Waals surface area contributed by atoms with E-state index in [1.54, 1.807) is 12.1 Å². The standard InChI is InChI=1S/C14H18FN3/c1-9-8-16-14(17-9)18-11-6-10(7-11)12-4-2-3-5-13(12)15/h2-5,9-11H,6-8H2,1H3,(H2,16,17,18). The summed E-state index contributed by atoms with van der Waals surface area (Å²) in [5.41, 5.74) is 0.852. The Morgan fingerprint density at radius 2 is 2.11 bits per heavy atom. The molecule has 1 unspecified atom stereocenters. The summed E-state index contributed by atoms with van der Waals surface area (Å²) in [4.78, 5) is 4.37. The molecule has 1 heterocycles. The molecule has 0 aromatic heterocycles. The van der Waals surface area contributed by atoms with Gasteiger partial charge in [0, 0.05) is 12.1 Å². The first-order valence-electron chi connectivity index (χ1n) is 6.54. The van der Waals surface area contributed by atoms with Crippen molar-refractivity contribution in [2.24, 2.45) is 4.99 Å². The molecule has 1 aromatic carbocycles. The topological polar surface area (TPSA) is 36.4 Å². The summed E-state index contributed by atoms with van der Waals surface area (Å²) in [6.07, 6.45) is 1.96. The minimum absolute atomic E-state index is 0.0779. The smallest absolute Gasteiger partial charge is 0.191 e. The first-order chi connectivity index (χ1) is 8.72. The molecule has 1 atom stereocenters. The van der Waals surface area contributed by atoms with Crippen LogP contribution < -0.4 is 10.6 Å². The van der Waals surface area contributed by atoms with Gasteiger partial charge in [-0.15, -0.1) is 0 Å². The van der Waals surface area contributed by atoms with Gasteiger partial charge in [0.05, 0.1) is 6.54 Å². The van der Waals surface area contributed by atoms with Crippen LogP contribution in [0.3, 0.4) is 0 Å². The Morgan fingerprint density at radius 1 is 1.33 bits per heavy atom. The van der Waals surface area contributed by atoms with Gasteiger partial charge < -0.3 is 10.6 Å². The maximum atomic E-state index is 13.6. The monoisotopic (exact) mass is 247 g/mol. The first-order valence-corrected chi connectivity index (χ1v) is 6.54. The summed E-state index contributed by atoms with van der Waals surface area (Å²) in [5.74, 6) is 1.17. The van der Waals surface area contributed by atoms with Gasteiger partial charge in [0.1, 0.15) is 5.82 Å². The van der Waals surface area contributed by atoms with Crippen molar-refractivity contribution in [3.8, 4) is 0 Å². The number of halogens is 1. The van der Waals surface area contributed by atoms with Gasteiger partial charge in [-0.3, -0.25) is 4.99 Å². The van der Waals surface area contributed by atoms with Crippen molar-refractivity contribution in [2.45, 2.75) is 37.8 Å². The van der Waals surface area contributed by atoms with Crippen LogP contribution in [-0.4, -0.2) is 24.6 Å². The van der Waals surface area contributed by atoms with E-state index in [0.29, 0.717) is 18.0 Å². The fourth-order valence-electron chi connectivity index (χ4n) is 2.63. The number of rotatable bonds is 2. The molecule has 18 heavy (non-hydrogen) atoms. The average molecular weight is 247 g/mol. The molecule has 0 spiro atoms. The number of guanidine groups is 1. The third-order valence-electron chi connectivity index (χ3n) is 3.73. The number of nitrogens with one attached hydrogen (secondary N) is 2. The molecule has 0 amide bonds. The fourth-order valence-corrected chi connectivity index (χ4v) is 2.63. The normalized spacial score (nSPS) is 30.3. The Bertz CT molecular complexity index is 466. The number of aliphatic imine (C=N–C) groups is 1.